The molecule has 1 aromatic rings. The maximum atomic E-state index is 12.5. The van der Waals surface area contributed by atoms with Crippen molar-refractivity contribution in [3.05, 3.63) is 29.7 Å². The summed E-state index contributed by atoms with van der Waals surface area (Å²) in [5.41, 5.74) is -0.163. The van der Waals surface area contributed by atoms with Crippen LogP contribution in [-0.4, -0.2) is 62.5 Å². The molecule has 0 aliphatic carbocycles. The summed E-state index contributed by atoms with van der Waals surface area (Å²) in [5.74, 6) is -1.58. The number of nitrogens with zero attached hydrogens (tertiary/aromatic N) is 5. The van der Waals surface area contributed by atoms with Gasteiger partial charge in [0.15, 0.2) is 0 Å². The van der Waals surface area contributed by atoms with Crippen molar-refractivity contribution in [1.29, 1.82) is 0 Å². The SMILES string of the molecule is C/C=C1/C(=O)C(C(=O)O)=CN(c2ncns2)C1=NC(C)N1CC(C=O)C1. The zero-order valence-corrected chi connectivity index (χ0v) is 15.0. The van der Waals surface area contributed by atoms with Gasteiger partial charge in [-0.3, -0.25) is 14.6 Å². The minimum Gasteiger partial charge on any atom is -0.477 e. The van der Waals surface area contributed by atoms with Crippen LogP contribution in [0.25, 0.3) is 0 Å². The van der Waals surface area contributed by atoms with Crippen molar-refractivity contribution in [2.45, 2.75) is 20.0 Å². The molecule has 26 heavy (non-hydrogen) atoms. The van der Waals surface area contributed by atoms with Crippen LogP contribution in [0, 0.1) is 5.92 Å². The predicted octanol–water partition coefficient (Wildman–Crippen LogP) is 0.717. The topological polar surface area (TPSA) is 116 Å². The second-order valence-corrected chi connectivity index (χ2v) is 6.67. The molecule has 9 nitrogen and oxygen atoms in total. The highest BCUT2D eigenvalue weighted by Gasteiger charge is 2.36. The highest BCUT2D eigenvalue weighted by Crippen LogP contribution is 2.27. The average Bonchev–Trinajstić information content (AvgIpc) is 3.08. The van der Waals surface area contributed by atoms with Gasteiger partial charge in [-0.05, 0) is 13.8 Å². The minimum absolute atomic E-state index is 0.00426. The van der Waals surface area contributed by atoms with Gasteiger partial charge in [-0.2, -0.15) is 4.37 Å². The Bertz CT molecular complexity index is 824. The third-order valence-corrected chi connectivity index (χ3v) is 4.92. The number of aliphatic carboxylic acids is 1. The number of likely N-dealkylation sites (tertiary alicyclic amines) is 1. The molecule has 0 radical (unpaired) electrons. The highest BCUT2D eigenvalue weighted by molar-refractivity contribution is 7.09. The van der Waals surface area contributed by atoms with E-state index in [1.807, 2.05) is 11.8 Å². The van der Waals surface area contributed by atoms with Gasteiger partial charge in [0.05, 0.1) is 5.57 Å². The quantitative estimate of drug-likeness (QED) is 0.455. The molecular formula is C16H17N5O4S. The summed E-state index contributed by atoms with van der Waals surface area (Å²) in [4.78, 5) is 47.0. The molecule has 0 aromatic carbocycles. The Kier molecular flexibility index (Phi) is 5.05. The Labute approximate surface area is 153 Å². The molecule has 1 fully saturated rings. The third-order valence-electron chi connectivity index (χ3n) is 4.26. The lowest BCUT2D eigenvalue weighted by molar-refractivity contribution is -0.134. The van der Waals surface area contributed by atoms with Crippen molar-refractivity contribution in [2.75, 3.05) is 18.0 Å². The summed E-state index contributed by atoms with van der Waals surface area (Å²) < 4.78 is 3.94. The summed E-state index contributed by atoms with van der Waals surface area (Å²) in [5, 5.41) is 9.75. The normalized spacial score (nSPS) is 23.1. The average molecular weight is 375 g/mol. The van der Waals surface area contributed by atoms with E-state index in [0.717, 1.165) is 17.8 Å². The number of carbonyl (C=O) groups is 3. The molecule has 1 aromatic heterocycles. The van der Waals surface area contributed by atoms with E-state index < -0.39 is 11.8 Å². The molecule has 1 saturated heterocycles. The van der Waals surface area contributed by atoms with Crippen LogP contribution in [0.3, 0.4) is 0 Å². The van der Waals surface area contributed by atoms with Crippen molar-refractivity contribution in [1.82, 2.24) is 14.3 Å². The van der Waals surface area contributed by atoms with E-state index in [9.17, 15) is 19.5 Å². The number of carboxylic acids is 1. The molecule has 3 rings (SSSR count). The van der Waals surface area contributed by atoms with Crippen molar-refractivity contribution in [3.63, 3.8) is 0 Å². The number of carbonyl (C=O) groups excluding carboxylic acids is 2. The highest BCUT2D eigenvalue weighted by atomic mass is 32.1. The van der Waals surface area contributed by atoms with Crippen LogP contribution in [0.4, 0.5) is 5.13 Å². The molecule has 0 saturated carbocycles. The van der Waals surface area contributed by atoms with Crippen LogP contribution < -0.4 is 4.90 Å². The van der Waals surface area contributed by atoms with Gasteiger partial charge in [-0.15, -0.1) is 0 Å². The van der Waals surface area contributed by atoms with Gasteiger partial charge >= 0.3 is 5.97 Å². The van der Waals surface area contributed by atoms with E-state index in [-0.39, 0.29) is 23.2 Å². The smallest absolute Gasteiger partial charge is 0.341 e. The lowest BCUT2D eigenvalue weighted by Gasteiger charge is -2.39. The van der Waals surface area contributed by atoms with Gasteiger partial charge in [-0.1, -0.05) is 6.08 Å². The number of aromatic nitrogens is 2. The molecule has 3 heterocycles. The Balaban J connectivity index is 2.02. The number of hydrogen-bond acceptors (Lipinski definition) is 8. The summed E-state index contributed by atoms with van der Waals surface area (Å²) in [6.07, 6.45) is 4.77. The third kappa shape index (κ3) is 3.20. The number of aliphatic imine (C=N–C) groups is 1. The largest absolute Gasteiger partial charge is 0.477 e. The first kappa shape index (κ1) is 18.1. The first-order valence-electron chi connectivity index (χ1n) is 7.95. The molecule has 2 aliphatic rings. The van der Waals surface area contributed by atoms with E-state index in [2.05, 4.69) is 14.3 Å². The van der Waals surface area contributed by atoms with E-state index in [1.54, 1.807) is 13.0 Å². The predicted molar refractivity (Wildman–Crippen MR) is 94.9 cm³/mol. The molecule has 0 amide bonds. The number of allylic oxidation sites excluding steroid dienone is 1. The van der Waals surface area contributed by atoms with E-state index >= 15 is 0 Å². The Morgan fingerprint density at radius 2 is 2.23 bits per heavy atom. The van der Waals surface area contributed by atoms with Gasteiger partial charge in [-0.25, -0.2) is 14.8 Å². The fourth-order valence-electron chi connectivity index (χ4n) is 2.79. The fraction of sp³-hybridized carbons (Fsp3) is 0.375. The first-order valence-corrected chi connectivity index (χ1v) is 8.73. The first-order chi connectivity index (χ1) is 12.5. The van der Waals surface area contributed by atoms with Gasteiger partial charge in [0.2, 0.25) is 10.9 Å². The second-order valence-electron chi connectivity index (χ2n) is 5.91. The van der Waals surface area contributed by atoms with Crippen LogP contribution >= 0.6 is 11.5 Å². The lowest BCUT2D eigenvalue weighted by atomic mass is 9.98. The van der Waals surface area contributed by atoms with Crippen molar-refractivity contribution < 1.29 is 19.5 Å². The molecule has 1 atom stereocenters. The Morgan fingerprint density at radius 1 is 1.50 bits per heavy atom. The van der Waals surface area contributed by atoms with Crippen molar-refractivity contribution >= 4 is 40.5 Å². The number of carboxylic acid groups (broad SMARTS) is 1. The number of aldehydes is 1. The van der Waals surface area contributed by atoms with Crippen LogP contribution in [0.2, 0.25) is 0 Å². The number of hydrogen-bond donors (Lipinski definition) is 1. The molecule has 2 aliphatic heterocycles. The lowest BCUT2D eigenvalue weighted by Crippen LogP contribution is -2.52. The molecule has 1 N–H and O–H groups in total. The standard InChI is InChI=1S/C16H17N5O4S/c1-3-11-13(23)12(15(24)25)6-21(16-17-8-18-26-16)14(11)19-9(2)20-4-10(5-20)7-22/h3,6-10H,4-5H2,1-2H3,(H,24,25)/b11-3-,19-14?. The maximum Gasteiger partial charge on any atom is 0.341 e. The maximum absolute atomic E-state index is 12.5. The number of anilines is 1. The van der Waals surface area contributed by atoms with Gasteiger partial charge < -0.3 is 9.90 Å². The van der Waals surface area contributed by atoms with E-state index in [0.29, 0.717) is 24.1 Å². The van der Waals surface area contributed by atoms with Crippen molar-refractivity contribution in [3.8, 4) is 0 Å². The second kappa shape index (κ2) is 7.26. The molecular weight excluding hydrogens is 358 g/mol. The van der Waals surface area contributed by atoms with E-state index in [1.165, 1.54) is 17.4 Å². The summed E-state index contributed by atoms with van der Waals surface area (Å²) >= 11 is 1.07. The molecule has 1 unspecified atom stereocenters. The number of Topliss-reactive ketones (excluding diaryl/α,β-unsaturated/α-hetero) is 1. The number of ketones is 1. The summed E-state index contributed by atoms with van der Waals surface area (Å²) in [6, 6.07) is 0. The van der Waals surface area contributed by atoms with E-state index in [4.69, 9.17) is 0 Å². The Hall–Kier alpha value is -2.72. The Morgan fingerprint density at radius 3 is 2.77 bits per heavy atom. The number of rotatable bonds is 5. The summed E-state index contributed by atoms with van der Waals surface area (Å²) in [7, 11) is 0. The van der Waals surface area contributed by atoms with Crippen LogP contribution in [0.5, 0.6) is 0 Å². The van der Waals surface area contributed by atoms with Crippen molar-refractivity contribution in [2.24, 2.45) is 10.9 Å². The van der Waals surface area contributed by atoms with Gasteiger partial charge in [0.1, 0.15) is 30.2 Å². The number of amidine groups is 1. The zero-order chi connectivity index (χ0) is 18.8. The molecule has 0 spiro atoms. The zero-order valence-electron chi connectivity index (χ0n) is 14.2. The molecule has 0 bridgehead atoms. The monoisotopic (exact) mass is 375 g/mol. The van der Waals surface area contributed by atoms with Gasteiger partial charge in [0, 0.05) is 36.7 Å². The molecule has 136 valence electrons. The van der Waals surface area contributed by atoms with Crippen LogP contribution in [-0.2, 0) is 14.4 Å². The molecule has 10 heteroatoms. The summed E-state index contributed by atoms with van der Waals surface area (Å²) in [6.45, 7) is 4.73. The van der Waals surface area contributed by atoms with Crippen LogP contribution in [0.1, 0.15) is 13.8 Å². The van der Waals surface area contributed by atoms with Gasteiger partial charge in [0.25, 0.3) is 0 Å². The minimum atomic E-state index is -1.31. The fourth-order valence-corrected chi connectivity index (χ4v) is 3.30. The van der Waals surface area contributed by atoms with Crippen LogP contribution in [0.15, 0.2) is 34.7 Å².